The second kappa shape index (κ2) is 6.80. The average molecular weight is 288 g/mol. The maximum atomic E-state index is 5.86. The molecule has 1 saturated heterocycles. The van der Waals surface area contributed by atoms with Gasteiger partial charge in [-0.05, 0) is 18.9 Å². The minimum atomic E-state index is 0.538. The highest BCUT2D eigenvalue weighted by molar-refractivity contribution is 5.39. The van der Waals surface area contributed by atoms with Crippen LogP contribution in [0, 0.1) is 0 Å². The van der Waals surface area contributed by atoms with Gasteiger partial charge in [0.1, 0.15) is 5.75 Å². The van der Waals surface area contributed by atoms with Crippen LogP contribution in [-0.4, -0.2) is 43.2 Å². The Morgan fingerprint density at radius 2 is 2.14 bits per heavy atom. The molecular formula is C18H28N2O. The number of para-hydroxylation sites is 1. The van der Waals surface area contributed by atoms with E-state index in [-0.39, 0.29) is 0 Å². The molecule has 0 saturated carbocycles. The molecule has 0 amide bonds. The van der Waals surface area contributed by atoms with Crippen molar-refractivity contribution in [3.8, 4) is 5.75 Å². The fourth-order valence-corrected chi connectivity index (χ4v) is 3.71. The fourth-order valence-electron chi connectivity index (χ4n) is 3.71. The van der Waals surface area contributed by atoms with Gasteiger partial charge in [-0.15, -0.1) is 0 Å². The summed E-state index contributed by atoms with van der Waals surface area (Å²) in [7, 11) is 0. The third kappa shape index (κ3) is 3.24. The van der Waals surface area contributed by atoms with Gasteiger partial charge in [0.15, 0.2) is 0 Å². The van der Waals surface area contributed by atoms with E-state index in [4.69, 9.17) is 4.74 Å². The van der Waals surface area contributed by atoms with E-state index in [1.165, 1.54) is 31.4 Å². The van der Waals surface area contributed by atoms with Crippen LogP contribution in [0.2, 0.25) is 0 Å². The lowest BCUT2D eigenvalue weighted by Crippen LogP contribution is -2.57. The van der Waals surface area contributed by atoms with Crippen molar-refractivity contribution in [2.45, 2.75) is 51.1 Å². The molecule has 0 radical (unpaired) electrons. The maximum absolute atomic E-state index is 5.86. The molecule has 2 aliphatic heterocycles. The molecule has 0 aliphatic carbocycles. The summed E-state index contributed by atoms with van der Waals surface area (Å²) < 4.78 is 5.86. The summed E-state index contributed by atoms with van der Waals surface area (Å²) in [5.41, 5.74) is 1.40. The van der Waals surface area contributed by atoms with Crippen LogP contribution in [-0.2, 0) is 0 Å². The summed E-state index contributed by atoms with van der Waals surface area (Å²) in [6.45, 7) is 8.88. The van der Waals surface area contributed by atoms with Gasteiger partial charge in [-0.1, -0.05) is 38.5 Å². The summed E-state index contributed by atoms with van der Waals surface area (Å²) in [5, 5.41) is 3.70. The lowest BCUT2D eigenvalue weighted by Gasteiger charge is -2.41. The van der Waals surface area contributed by atoms with Crippen molar-refractivity contribution in [1.29, 1.82) is 0 Å². The van der Waals surface area contributed by atoms with Crippen molar-refractivity contribution < 1.29 is 4.74 Å². The van der Waals surface area contributed by atoms with E-state index in [0.29, 0.717) is 18.0 Å². The van der Waals surface area contributed by atoms with Crippen molar-refractivity contribution >= 4 is 0 Å². The van der Waals surface area contributed by atoms with E-state index in [1.54, 1.807) is 0 Å². The van der Waals surface area contributed by atoms with E-state index in [2.05, 4.69) is 48.3 Å². The van der Waals surface area contributed by atoms with Crippen molar-refractivity contribution in [3.05, 3.63) is 29.8 Å². The van der Waals surface area contributed by atoms with Gasteiger partial charge in [-0.25, -0.2) is 0 Å². The second-order valence-electron chi connectivity index (χ2n) is 6.46. The zero-order valence-corrected chi connectivity index (χ0v) is 13.3. The van der Waals surface area contributed by atoms with Gasteiger partial charge < -0.3 is 10.1 Å². The van der Waals surface area contributed by atoms with Gasteiger partial charge in [-0.2, -0.15) is 0 Å². The van der Waals surface area contributed by atoms with Gasteiger partial charge >= 0.3 is 0 Å². The number of hydrogen-bond donors (Lipinski definition) is 1. The number of ether oxygens (including phenoxy) is 1. The van der Waals surface area contributed by atoms with E-state index in [0.717, 1.165) is 25.4 Å². The first kappa shape index (κ1) is 14.9. The van der Waals surface area contributed by atoms with E-state index in [9.17, 15) is 0 Å². The predicted octanol–water partition coefficient (Wildman–Crippen LogP) is 3.02. The van der Waals surface area contributed by atoms with Crippen LogP contribution >= 0.6 is 0 Å². The Labute approximate surface area is 128 Å². The van der Waals surface area contributed by atoms with Gasteiger partial charge in [0.2, 0.25) is 0 Å². The van der Waals surface area contributed by atoms with Crippen LogP contribution in [0.3, 0.4) is 0 Å². The first-order valence-corrected chi connectivity index (χ1v) is 8.51. The van der Waals surface area contributed by atoms with Crippen molar-refractivity contribution in [1.82, 2.24) is 10.2 Å². The Balaban J connectivity index is 1.69. The Morgan fingerprint density at radius 1 is 1.29 bits per heavy atom. The smallest absolute Gasteiger partial charge is 0.122 e. The number of nitrogens with zero attached hydrogens (tertiary/aromatic N) is 1. The molecule has 1 aromatic carbocycles. The lowest BCUT2D eigenvalue weighted by atomic mass is 9.97. The molecule has 21 heavy (non-hydrogen) atoms. The molecule has 3 rings (SSSR count). The highest BCUT2D eigenvalue weighted by Gasteiger charge is 2.31. The molecule has 3 nitrogen and oxygen atoms in total. The number of fused-ring (bicyclic) bond motifs is 1. The molecule has 1 N–H and O–H groups in total. The molecular weight excluding hydrogens is 260 g/mol. The minimum Gasteiger partial charge on any atom is -0.493 e. The number of nitrogens with one attached hydrogen (secondary N) is 1. The van der Waals surface area contributed by atoms with Crippen molar-refractivity contribution in [2.24, 2.45) is 0 Å². The third-order valence-electron chi connectivity index (χ3n) is 4.98. The van der Waals surface area contributed by atoms with Crippen LogP contribution in [0.25, 0.3) is 0 Å². The van der Waals surface area contributed by atoms with Gasteiger partial charge in [0.05, 0.1) is 6.61 Å². The second-order valence-corrected chi connectivity index (χ2v) is 6.46. The lowest BCUT2D eigenvalue weighted by molar-refractivity contribution is 0.109. The third-order valence-corrected chi connectivity index (χ3v) is 4.98. The topological polar surface area (TPSA) is 24.5 Å². The summed E-state index contributed by atoms with van der Waals surface area (Å²) in [6.07, 6.45) is 3.77. The number of rotatable bonds is 5. The molecule has 0 aromatic heterocycles. The van der Waals surface area contributed by atoms with Crippen molar-refractivity contribution in [3.63, 3.8) is 0 Å². The van der Waals surface area contributed by atoms with Gasteiger partial charge in [0, 0.05) is 43.2 Å². The molecule has 116 valence electrons. The highest BCUT2D eigenvalue weighted by atomic mass is 16.5. The first-order chi connectivity index (χ1) is 10.3. The Kier molecular flexibility index (Phi) is 4.81. The predicted molar refractivity (Wildman–Crippen MR) is 87.0 cm³/mol. The zero-order chi connectivity index (χ0) is 14.7. The van der Waals surface area contributed by atoms with Crippen LogP contribution in [0.1, 0.15) is 44.6 Å². The van der Waals surface area contributed by atoms with Crippen LogP contribution in [0.15, 0.2) is 24.3 Å². The first-order valence-electron chi connectivity index (χ1n) is 8.51. The maximum Gasteiger partial charge on any atom is 0.122 e. The number of hydrogen-bond acceptors (Lipinski definition) is 3. The monoisotopic (exact) mass is 288 g/mol. The normalized spacial score (nSPS) is 29.1. The SMILES string of the molecule is CCCC1CNC(CC)CN1CC1COc2ccccc21. The van der Waals surface area contributed by atoms with Crippen molar-refractivity contribution in [2.75, 3.05) is 26.2 Å². The molecule has 1 fully saturated rings. The summed E-state index contributed by atoms with van der Waals surface area (Å²) >= 11 is 0. The standard InChI is InChI=1S/C18H28N2O/c1-3-7-16-10-19-15(4-2)12-20(16)11-14-13-21-18-9-6-5-8-17(14)18/h5-6,8-9,14-16,19H,3-4,7,10-13H2,1-2H3. The van der Waals surface area contributed by atoms with Gasteiger partial charge in [0.25, 0.3) is 0 Å². The summed E-state index contributed by atoms with van der Waals surface area (Å²) in [5.74, 6) is 1.63. The molecule has 3 unspecified atom stereocenters. The molecule has 3 heteroatoms. The van der Waals surface area contributed by atoms with Crippen LogP contribution < -0.4 is 10.1 Å². The largest absolute Gasteiger partial charge is 0.493 e. The highest BCUT2D eigenvalue weighted by Crippen LogP contribution is 2.34. The Bertz CT molecular complexity index is 462. The zero-order valence-electron chi connectivity index (χ0n) is 13.3. The van der Waals surface area contributed by atoms with E-state index in [1.807, 2.05) is 0 Å². The summed E-state index contributed by atoms with van der Waals surface area (Å²) in [6, 6.07) is 9.88. The minimum absolute atomic E-state index is 0.538. The molecule has 0 bridgehead atoms. The quantitative estimate of drug-likeness (QED) is 0.901. The fraction of sp³-hybridized carbons (Fsp3) is 0.667. The average Bonchev–Trinajstić information content (AvgIpc) is 2.92. The molecule has 2 aliphatic rings. The molecule has 1 aromatic rings. The van der Waals surface area contributed by atoms with Crippen LogP contribution in [0.4, 0.5) is 0 Å². The Morgan fingerprint density at radius 3 is 2.95 bits per heavy atom. The van der Waals surface area contributed by atoms with E-state index < -0.39 is 0 Å². The summed E-state index contributed by atoms with van der Waals surface area (Å²) in [4.78, 5) is 2.71. The number of benzene rings is 1. The number of piperazine rings is 1. The van der Waals surface area contributed by atoms with Gasteiger partial charge in [-0.3, -0.25) is 4.90 Å². The Hall–Kier alpha value is -1.06. The molecule has 3 atom stereocenters. The van der Waals surface area contributed by atoms with E-state index >= 15 is 0 Å². The van der Waals surface area contributed by atoms with Crippen LogP contribution in [0.5, 0.6) is 5.75 Å². The molecule has 0 spiro atoms. The molecule has 2 heterocycles.